The Morgan fingerprint density at radius 3 is 2.49 bits per heavy atom. The monoisotopic (exact) mass is 603 g/mol. The number of nitriles is 1. The SMILES string of the molecule is CO[C@H](CNC(C)=O)Cn1c(Cc2ccc(-c3cccc(CCc4ccc(C#N)cc4F)n3)cc2)nc2ccc(C(C)=O)cc21. The van der Waals surface area contributed by atoms with Gasteiger partial charge in [0.2, 0.25) is 5.91 Å². The van der Waals surface area contributed by atoms with Crippen molar-refractivity contribution in [3.63, 3.8) is 0 Å². The zero-order valence-electron chi connectivity index (χ0n) is 25.5. The van der Waals surface area contributed by atoms with Crippen LogP contribution in [0.2, 0.25) is 0 Å². The third kappa shape index (κ3) is 7.66. The van der Waals surface area contributed by atoms with Gasteiger partial charge in [-0.1, -0.05) is 36.4 Å². The first-order valence-electron chi connectivity index (χ1n) is 14.7. The van der Waals surface area contributed by atoms with E-state index < -0.39 is 0 Å². The van der Waals surface area contributed by atoms with E-state index in [1.807, 2.05) is 60.7 Å². The number of amides is 1. The Morgan fingerprint density at radius 1 is 1.00 bits per heavy atom. The number of ether oxygens (including phenoxy) is 1. The van der Waals surface area contributed by atoms with E-state index in [1.54, 1.807) is 32.2 Å². The first kappa shape index (κ1) is 31.2. The van der Waals surface area contributed by atoms with Crippen LogP contribution in [-0.4, -0.2) is 46.0 Å². The molecule has 0 fully saturated rings. The summed E-state index contributed by atoms with van der Waals surface area (Å²) in [7, 11) is 1.61. The highest BCUT2D eigenvalue weighted by Gasteiger charge is 2.18. The molecule has 0 bridgehead atoms. The molecule has 0 unspecified atom stereocenters. The van der Waals surface area contributed by atoms with Gasteiger partial charge in [-0.3, -0.25) is 14.6 Å². The highest BCUT2D eigenvalue weighted by Crippen LogP contribution is 2.24. The van der Waals surface area contributed by atoms with Gasteiger partial charge in [0.05, 0.1) is 41.0 Å². The average molecular weight is 604 g/mol. The van der Waals surface area contributed by atoms with Gasteiger partial charge >= 0.3 is 0 Å². The number of hydrogen-bond donors (Lipinski definition) is 1. The van der Waals surface area contributed by atoms with Crippen molar-refractivity contribution in [2.45, 2.75) is 45.8 Å². The van der Waals surface area contributed by atoms with E-state index in [-0.39, 0.29) is 23.6 Å². The van der Waals surface area contributed by atoms with Gasteiger partial charge in [-0.25, -0.2) is 9.37 Å². The Hall–Kier alpha value is -5.20. The molecule has 0 aliphatic heterocycles. The zero-order chi connectivity index (χ0) is 31.9. The number of rotatable bonds is 12. The van der Waals surface area contributed by atoms with E-state index in [4.69, 9.17) is 20.0 Å². The Balaban J connectivity index is 1.35. The molecule has 0 aliphatic carbocycles. The quantitative estimate of drug-likeness (QED) is 0.180. The summed E-state index contributed by atoms with van der Waals surface area (Å²) in [6.07, 6.45) is 1.31. The number of aryl methyl sites for hydroxylation is 2. The van der Waals surface area contributed by atoms with Crippen molar-refractivity contribution in [3.05, 3.63) is 118 Å². The van der Waals surface area contributed by atoms with Crippen LogP contribution in [0, 0.1) is 17.1 Å². The van der Waals surface area contributed by atoms with Crippen LogP contribution in [0.3, 0.4) is 0 Å². The number of methoxy groups -OCH3 is 1. The molecule has 2 aromatic heterocycles. The van der Waals surface area contributed by atoms with Crippen LogP contribution in [-0.2, 0) is 35.3 Å². The summed E-state index contributed by atoms with van der Waals surface area (Å²) in [6.45, 7) is 3.81. The second kappa shape index (κ2) is 14.1. The Labute approximate surface area is 261 Å². The molecule has 0 spiro atoms. The lowest BCUT2D eigenvalue weighted by atomic mass is 10.0. The number of hydrogen-bond acceptors (Lipinski definition) is 6. The molecular weight excluding hydrogens is 569 g/mol. The van der Waals surface area contributed by atoms with Gasteiger partial charge in [-0.15, -0.1) is 0 Å². The van der Waals surface area contributed by atoms with Crippen LogP contribution in [0.15, 0.2) is 78.9 Å². The summed E-state index contributed by atoms with van der Waals surface area (Å²) in [6, 6.07) is 26.0. The van der Waals surface area contributed by atoms with E-state index in [1.165, 1.54) is 13.0 Å². The van der Waals surface area contributed by atoms with Gasteiger partial charge < -0.3 is 14.6 Å². The smallest absolute Gasteiger partial charge is 0.216 e. The fourth-order valence-corrected chi connectivity index (χ4v) is 5.25. The number of carbonyl (C=O) groups is 2. The number of halogens is 1. The summed E-state index contributed by atoms with van der Waals surface area (Å²) in [4.78, 5) is 33.4. The fraction of sp³-hybridized carbons (Fsp3) is 0.250. The summed E-state index contributed by atoms with van der Waals surface area (Å²) < 4.78 is 22.1. The maximum absolute atomic E-state index is 14.3. The molecule has 1 N–H and O–H groups in total. The van der Waals surface area contributed by atoms with Gasteiger partial charge in [0.25, 0.3) is 0 Å². The van der Waals surface area contributed by atoms with Crippen molar-refractivity contribution in [3.8, 4) is 17.3 Å². The lowest BCUT2D eigenvalue weighted by Crippen LogP contribution is -2.34. The molecule has 228 valence electrons. The number of Topliss-reactive ketones (excluding diaryl/α,β-unsaturated/α-hetero) is 1. The number of benzene rings is 3. The van der Waals surface area contributed by atoms with Crippen LogP contribution in [0.5, 0.6) is 0 Å². The normalized spacial score (nSPS) is 11.7. The molecule has 0 radical (unpaired) electrons. The summed E-state index contributed by atoms with van der Waals surface area (Å²) in [5, 5.41) is 11.8. The van der Waals surface area contributed by atoms with E-state index in [2.05, 4.69) is 9.88 Å². The Morgan fingerprint density at radius 2 is 1.80 bits per heavy atom. The second-order valence-corrected chi connectivity index (χ2v) is 11.0. The van der Waals surface area contributed by atoms with E-state index in [0.29, 0.717) is 49.0 Å². The molecule has 3 aromatic carbocycles. The average Bonchev–Trinajstić information content (AvgIpc) is 3.38. The van der Waals surface area contributed by atoms with Crippen molar-refractivity contribution < 1.29 is 18.7 Å². The molecule has 0 aliphatic rings. The van der Waals surface area contributed by atoms with Crippen molar-refractivity contribution in [2.75, 3.05) is 13.7 Å². The summed E-state index contributed by atoms with van der Waals surface area (Å²) in [5.41, 5.74) is 6.76. The topological polar surface area (TPSA) is 110 Å². The lowest BCUT2D eigenvalue weighted by molar-refractivity contribution is -0.119. The van der Waals surface area contributed by atoms with Crippen molar-refractivity contribution in [2.24, 2.45) is 0 Å². The molecule has 2 heterocycles. The predicted molar refractivity (Wildman–Crippen MR) is 170 cm³/mol. The minimum absolute atomic E-state index is 0.0255. The third-order valence-corrected chi connectivity index (χ3v) is 7.78. The van der Waals surface area contributed by atoms with E-state index in [0.717, 1.165) is 39.4 Å². The molecule has 45 heavy (non-hydrogen) atoms. The number of aromatic nitrogens is 3. The van der Waals surface area contributed by atoms with E-state index >= 15 is 0 Å². The first-order chi connectivity index (χ1) is 21.7. The third-order valence-electron chi connectivity index (χ3n) is 7.78. The van der Waals surface area contributed by atoms with Crippen LogP contribution < -0.4 is 5.32 Å². The number of imidazole rings is 1. The molecule has 5 rings (SSSR count). The molecule has 0 saturated carbocycles. The highest BCUT2D eigenvalue weighted by molar-refractivity contribution is 5.97. The largest absolute Gasteiger partial charge is 0.378 e. The summed E-state index contributed by atoms with van der Waals surface area (Å²) >= 11 is 0. The summed E-state index contributed by atoms with van der Waals surface area (Å²) in [5.74, 6) is 0.284. The fourth-order valence-electron chi connectivity index (χ4n) is 5.25. The second-order valence-electron chi connectivity index (χ2n) is 11.0. The van der Waals surface area contributed by atoms with E-state index in [9.17, 15) is 14.0 Å². The van der Waals surface area contributed by atoms with Crippen LogP contribution >= 0.6 is 0 Å². The minimum atomic E-state index is -0.376. The Bertz CT molecular complexity index is 1890. The number of ketones is 1. The van der Waals surface area contributed by atoms with Gasteiger partial charge in [0, 0.05) is 43.8 Å². The number of carbonyl (C=O) groups excluding carboxylic acids is 2. The molecule has 1 amide bonds. The standard InChI is InChI=1S/C36H34FN5O3/c1-23(43)29-14-16-34-35(19-29)42(22-31(45-3)21-39-24(2)44)36(41-34)18-25-7-11-28(12-8-25)33-6-4-5-30(40-33)15-13-27-10-9-26(20-38)17-32(27)37/h4-12,14,16-17,19,31H,13,15,18,21-22H2,1-3H3,(H,39,44)/t31-/m1/s1. The molecular formula is C36H34FN5O3. The molecule has 1 atom stereocenters. The predicted octanol–water partition coefficient (Wildman–Crippen LogP) is 5.84. The zero-order valence-corrected chi connectivity index (χ0v) is 25.5. The number of fused-ring (bicyclic) bond motifs is 1. The number of nitrogens with one attached hydrogen (secondary N) is 1. The maximum Gasteiger partial charge on any atom is 0.216 e. The van der Waals surface area contributed by atoms with Gasteiger partial charge in [-0.2, -0.15) is 5.26 Å². The molecule has 5 aromatic rings. The lowest BCUT2D eigenvalue weighted by Gasteiger charge is -2.19. The van der Waals surface area contributed by atoms with Gasteiger partial charge in [0.1, 0.15) is 11.6 Å². The van der Waals surface area contributed by atoms with Crippen molar-refractivity contribution in [1.29, 1.82) is 5.26 Å². The molecule has 0 saturated heterocycles. The number of pyridine rings is 1. The van der Waals surface area contributed by atoms with Crippen LogP contribution in [0.1, 0.15) is 52.4 Å². The van der Waals surface area contributed by atoms with Gasteiger partial charge in [0.15, 0.2) is 5.78 Å². The maximum atomic E-state index is 14.3. The van der Waals surface area contributed by atoms with Crippen LogP contribution in [0.25, 0.3) is 22.3 Å². The van der Waals surface area contributed by atoms with Crippen molar-refractivity contribution >= 4 is 22.7 Å². The Kier molecular flexibility index (Phi) is 9.76. The van der Waals surface area contributed by atoms with Crippen LogP contribution in [0.4, 0.5) is 4.39 Å². The van der Waals surface area contributed by atoms with Crippen molar-refractivity contribution in [1.82, 2.24) is 19.9 Å². The van der Waals surface area contributed by atoms with Gasteiger partial charge in [-0.05, 0) is 73.4 Å². The molecule has 8 nitrogen and oxygen atoms in total. The molecule has 9 heteroatoms. The minimum Gasteiger partial charge on any atom is -0.378 e. The highest BCUT2D eigenvalue weighted by atomic mass is 19.1. The first-order valence-corrected chi connectivity index (χ1v) is 14.7. The number of nitrogens with zero attached hydrogens (tertiary/aromatic N) is 4.